The minimum Gasteiger partial charge on any atom is -0.497 e. The minimum atomic E-state index is -0.356. The number of amides is 2. The van der Waals surface area contributed by atoms with E-state index in [-0.39, 0.29) is 6.03 Å². The molecule has 0 saturated heterocycles. The predicted octanol–water partition coefficient (Wildman–Crippen LogP) is 3.48. The molecule has 5 nitrogen and oxygen atoms in total. The van der Waals surface area contributed by atoms with Gasteiger partial charge in [0, 0.05) is 17.8 Å². The fourth-order valence-corrected chi connectivity index (χ4v) is 2.03. The lowest BCUT2D eigenvalue weighted by Crippen LogP contribution is -2.28. The third-order valence-corrected chi connectivity index (χ3v) is 3.32. The van der Waals surface area contributed by atoms with Gasteiger partial charge in [-0.3, -0.25) is 4.79 Å². The number of nitrogens with one attached hydrogen (secondary N) is 2. The van der Waals surface area contributed by atoms with Crippen LogP contribution in [-0.4, -0.2) is 19.4 Å². The molecule has 2 aromatic rings. The Morgan fingerprint density at radius 2 is 1.95 bits per heavy atom. The van der Waals surface area contributed by atoms with Gasteiger partial charge in [-0.15, -0.1) is 0 Å². The average molecular weight is 319 g/mol. The number of methoxy groups -OCH3 is 1. The third-order valence-electron chi connectivity index (χ3n) is 3.00. The highest BCUT2D eigenvalue weighted by molar-refractivity contribution is 6.33. The number of halogens is 1. The van der Waals surface area contributed by atoms with Gasteiger partial charge in [0.15, 0.2) is 6.29 Å². The maximum atomic E-state index is 11.8. The highest BCUT2D eigenvalue weighted by Crippen LogP contribution is 2.19. The summed E-state index contributed by atoms with van der Waals surface area (Å²) < 4.78 is 5.07. The Morgan fingerprint density at radius 1 is 1.23 bits per heavy atom. The molecule has 0 aliphatic heterocycles. The first-order valence-corrected chi connectivity index (χ1v) is 6.92. The standard InChI is InChI=1S/C16H15ClN2O3/c1-22-14-6-2-11(3-7-14)9-18-16(21)19-13-5-4-12(10-20)15(17)8-13/h2-8,10H,9H2,1H3,(H2,18,19,21). The van der Waals surface area contributed by atoms with Crippen molar-refractivity contribution < 1.29 is 14.3 Å². The van der Waals surface area contributed by atoms with Crippen molar-refractivity contribution in [2.24, 2.45) is 0 Å². The fourth-order valence-electron chi connectivity index (χ4n) is 1.80. The molecule has 0 spiro atoms. The first-order chi connectivity index (χ1) is 10.6. The van der Waals surface area contributed by atoms with Crippen LogP contribution in [0, 0.1) is 0 Å². The maximum Gasteiger partial charge on any atom is 0.319 e. The highest BCUT2D eigenvalue weighted by Gasteiger charge is 2.05. The number of anilines is 1. The van der Waals surface area contributed by atoms with Crippen molar-refractivity contribution in [1.29, 1.82) is 0 Å². The molecule has 0 radical (unpaired) electrons. The molecule has 0 atom stereocenters. The molecule has 0 aliphatic carbocycles. The molecular formula is C16H15ClN2O3. The van der Waals surface area contributed by atoms with Crippen LogP contribution in [0.3, 0.4) is 0 Å². The van der Waals surface area contributed by atoms with Crippen molar-refractivity contribution in [2.45, 2.75) is 6.54 Å². The van der Waals surface area contributed by atoms with E-state index in [1.165, 1.54) is 6.07 Å². The topological polar surface area (TPSA) is 67.4 Å². The highest BCUT2D eigenvalue weighted by atomic mass is 35.5. The zero-order chi connectivity index (χ0) is 15.9. The molecule has 2 N–H and O–H groups in total. The fraction of sp³-hybridized carbons (Fsp3) is 0.125. The molecule has 2 amide bonds. The lowest BCUT2D eigenvalue weighted by molar-refractivity contribution is 0.112. The smallest absolute Gasteiger partial charge is 0.319 e. The van der Waals surface area contributed by atoms with E-state index in [2.05, 4.69) is 10.6 Å². The molecule has 22 heavy (non-hydrogen) atoms. The summed E-state index contributed by atoms with van der Waals surface area (Å²) in [6.45, 7) is 0.385. The van der Waals surface area contributed by atoms with Gasteiger partial charge >= 0.3 is 6.03 Å². The van der Waals surface area contributed by atoms with Crippen molar-refractivity contribution in [3.63, 3.8) is 0 Å². The van der Waals surface area contributed by atoms with E-state index in [1.54, 1.807) is 19.2 Å². The van der Waals surface area contributed by atoms with Gasteiger partial charge in [0.1, 0.15) is 5.75 Å². The number of urea groups is 1. The van der Waals surface area contributed by atoms with Crippen LogP contribution in [0.5, 0.6) is 5.75 Å². The van der Waals surface area contributed by atoms with Gasteiger partial charge in [-0.1, -0.05) is 23.7 Å². The molecule has 114 valence electrons. The first kappa shape index (κ1) is 15.9. The Bertz CT molecular complexity index is 672. The number of carbonyl (C=O) groups excluding carboxylic acids is 2. The van der Waals surface area contributed by atoms with Crippen LogP contribution in [-0.2, 0) is 6.54 Å². The van der Waals surface area contributed by atoms with Crippen molar-refractivity contribution in [3.8, 4) is 5.75 Å². The molecule has 0 heterocycles. The van der Waals surface area contributed by atoms with Crippen molar-refractivity contribution in [1.82, 2.24) is 5.32 Å². The number of aldehydes is 1. The second kappa shape index (κ2) is 7.47. The monoisotopic (exact) mass is 318 g/mol. The number of hydrogen-bond acceptors (Lipinski definition) is 3. The van der Waals surface area contributed by atoms with Gasteiger partial charge in [0.25, 0.3) is 0 Å². The number of benzene rings is 2. The molecule has 0 fully saturated rings. The number of carbonyl (C=O) groups is 2. The predicted molar refractivity (Wildman–Crippen MR) is 85.7 cm³/mol. The van der Waals surface area contributed by atoms with Crippen molar-refractivity contribution in [2.75, 3.05) is 12.4 Å². The summed E-state index contributed by atoms with van der Waals surface area (Å²) in [5, 5.41) is 5.68. The molecule has 0 saturated carbocycles. The SMILES string of the molecule is COc1ccc(CNC(=O)Nc2ccc(C=O)c(Cl)c2)cc1. The summed E-state index contributed by atoms with van der Waals surface area (Å²) in [4.78, 5) is 22.5. The quantitative estimate of drug-likeness (QED) is 0.829. The van der Waals surface area contributed by atoms with Gasteiger partial charge in [0.05, 0.1) is 12.1 Å². The zero-order valence-corrected chi connectivity index (χ0v) is 12.7. The molecule has 2 aromatic carbocycles. The molecule has 2 rings (SSSR count). The van der Waals surface area contributed by atoms with E-state index in [0.717, 1.165) is 11.3 Å². The second-order valence-corrected chi connectivity index (χ2v) is 4.92. The van der Waals surface area contributed by atoms with Gasteiger partial charge in [-0.25, -0.2) is 4.79 Å². The summed E-state index contributed by atoms with van der Waals surface area (Å²) >= 11 is 5.90. The van der Waals surface area contributed by atoms with E-state index < -0.39 is 0 Å². The molecular weight excluding hydrogens is 304 g/mol. The summed E-state index contributed by atoms with van der Waals surface area (Å²) in [6, 6.07) is 11.7. The average Bonchev–Trinajstić information content (AvgIpc) is 2.53. The van der Waals surface area contributed by atoms with E-state index in [4.69, 9.17) is 16.3 Å². The lowest BCUT2D eigenvalue weighted by atomic mass is 10.2. The van der Waals surface area contributed by atoms with Gasteiger partial charge in [-0.2, -0.15) is 0 Å². The van der Waals surface area contributed by atoms with E-state index in [0.29, 0.717) is 29.1 Å². The van der Waals surface area contributed by atoms with Crippen LogP contribution < -0.4 is 15.4 Å². The second-order valence-electron chi connectivity index (χ2n) is 4.51. The Morgan fingerprint density at radius 3 is 2.55 bits per heavy atom. The Kier molecular flexibility index (Phi) is 5.38. The summed E-state index contributed by atoms with van der Waals surface area (Å²) in [6.07, 6.45) is 0.663. The van der Waals surface area contributed by atoms with Crippen LogP contribution in [0.25, 0.3) is 0 Å². The molecule has 0 bridgehead atoms. The van der Waals surface area contributed by atoms with Crippen molar-refractivity contribution in [3.05, 3.63) is 58.6 Å². The van der Waals surface area contributed by atoms with Crippen LogP contribution in [0.1, 0.15) is 15.9 Å². The molecule has 6 heteroatoms. The van der Waals surface area contributed by atoms with Crippen LogP contribution >= 0.6 is 11.6 Å². The van der Waals surface area contributed by atoms with Gasteiger partial charge in [-0.05, 0) is 35.9 Å². The van der Waals surface area contributed by atoms with Crippen LogP contribution in [0.4, 0.5) is 10.5 Å². The summed E-state index contributed by atoms with van der Waals surface area (Å²) in [7, 11) is 1.60. The maximum absolute atomic E-state index is 11.8. The Hall–Kier alpha value is -2.53. The minimum absolute atomic E-state index is 0.294. The Balaban J connectivity index is 1.89. The number of rotatable bonds is 5. The summed E-state index contributed by atoms with van der Waals surface area (Å²) in [5.41, 5.74) is 1.85. The molecule has 0 aromatic heterocycles. The largest absolute Gasteiger partial charge is 0.497 e. The van der Waals surface area contributed by atoms with E-state index >= 15 is 0 Å². The van der Waals surface area contributed by atoms with Crippen LogP contribution in [0.15, 0.2) is 42.5 Å². The summed E-state index contributed by atoms with van der Waals surface area (Å²) in [5.74, 6) is 0.762. The molecule has 0 aliphatic rings. The van der Waals surface area contributed by atoms with Crippen LogP contribution in [0.2, 0.25) is 5.02 Å². The molecule has 0 unspecified atom stereocenters. The normalized spacial score (nSPS) is 9.91. The van der Waals surface area contributed by atoms with E-state index in [1.807, 2.05) is 24.3 Å². The van der Waals surface area contributed by atoms with E-state index in [9.17, 15) is 9.59 Å². The van der Waals surface area contributed by atoms with Gasteiger partial charge < -0.3 is 15.4 Å². The lowest BCUT2D eigenvalue weighted by Gasteiger charge is -2.09. The first-order valence-electron chi connectivity index (χ1n) is 6.55. The zero-order valence-electron chi connectivity index (χ0n) is 11.9. The third kappa shape index (κ3) is 4.23. The number of hydrogen-bond donors (Lipinski definition) is 2. The van der Waals surface area contributed by atoms with Gasteiger partial charge in [0.2, 0.25) is 0 Å². The number of ether oxygens (including phenoxy) is 1. The Labute approximate surface area is 133 Å². The van der Waals surface area contributed by atoms with Crippen molar-refractivity contribution >= 4 is 29.6 Å².